The third-order valence-corrected chi connectivity index (χ3v) is 4.70. The van der Waals surface area contributed by atoms with Crippen LogP contribution in [0.3, 0.4) is 0 Å². The van der Waals surface area contributed by atoms with Gasteiger partial charge in [-0.2, -0.15) is 0 Å². The largest absolute Gasteiger partial charge is 0.339 e. The van der Waals surface area contributed by atoms with Crippen LogP contribution in [0.25, 0.3) is 0 Å². The van der Waals surface area contributed by atoms with Crippen LogP contribution in [0, 0.1) is 5.41 Å². The molecular weight excluding hydrogens is 270 g/mol. The Morgan fingerprint density at radius 2 is 2.00 bits per heavy atom. The molecule has 1 fully saturated rings. The first-order valence-electron chi connectivity index (χ1n) is 7.17. The average molecular weight is 295 g/mol. The van der Waals surface area contributed by atoms with Crippen LogP contribution in [0.2, 0.25) is 0 Å². The normalized spacial score (nSPS) is 19.1. The molecule has 0 saturated carbocycles. The summed E-state index contributed by atoms with van der Waals surface area (Å²) in [5.74, 6) is 0.0910. The van der Waals surface area contributed by atoms with E-state index < -0.39 is 6.04 Å². The highest BCUT2D eigenvalue weighted by atomic mass is 32.1. The third-order valence-electron chi connectivity index (χ3n) is 3.84. The van der Waals surface area contributed by atoms with Crippen molar-refractivity contribution < 1.29 is 4.79 Å². The number of nitrogens with two attached hydrogens (primary N) is 1. The molecule has 4 nitrogen and oxygen atoms in total. The fourth-order valence-electron chi connectivity index (χ4n) is 2.32. The van der Waals surface area contributed by atoms with E-state index in [1.807, 2.05) is 25.7 Å². The molecule has 0 bridgehead atoms. The second kappa shape index (κ2) is 6.24. The molecule has 5 heteroatoms. The standard InChI is InChI=1S/C15H25N3OS/c1-15(2,3)13(16)14(19)18-8-6-17(7-9-18)11-12-5-4-10-20-12/h4-5,10,13H,6-9,11,16H2,1-3H3/t13-/m0/s1. The van der Waals surface area contributed by atoms with Crippen LogP contribution in [-0.4, -0.2) is 47.9 Å². The number of carbonyl (C=O) groups is 1. The summed E-state index contributed by atoms with van der Waals surface area (Å²) in [4.78, 5) is 18.1. The van der Waals surface area contributed by atoms with E-state index in [9.17, 15) is 4.79 Å². The minimum absolute atomic E-state index is 0.0910. The Bertz CT molecular complexity index is 430. The molecule has 0 aromatic carbocycles. The van der Waals surface area contributed by atoms with Crippen molar-refractivity contribution >= 4 is 17.2 Å². The van der Waals surface area contributed by atoms with Gasteiger partial charge < -0.3 is 10.6 Å². The lowest BCUT2D eigenvalue weighted by Gasteiger charge is -2.38. The molecule has 1 aromatic heterocycles. The Hall–Kier alpha value is -0.910. The molecule has 0 unspecified atom stereocenters. The first kappa shape index (κ1) is 15.5. The van der Waals surface area contributed by atoms with Gasteiger partial charge in [-0.3, -0.25) is 9.69 Å². The Morgan fingerprint density at radius 1 is 1.35 bits per heavy atom. The zero-order chi connectivity index (χ0) is 14.8. The van der Waals surface area contributed by atoms with Gasteiger partial charge in [0.15, 0.2) is 0 Å². The fourth-order valence-corrected chi connectivity index (χ4v) is 3.06. The van der Waals surface area contributed by atoms with Crippen LogP contribution in [0.15, 0.2) is 17.5 Å². The number of rotatable bonds is 3. The number of amides is 1. The fraction of sp³-hybridized carbons (Fsp3) is 0.667. The lowest BCUT2D eigenvalue weighted by molar-refractivity contribution is -0.136. The molecule has 1 saturated heterocycles. The number of nitrogens with zero attached hydrogens (tertiary/aromatic N) is 2. The van der Waals surface area contributed by atoms with Gasteiger partial charge in [0.2, 0.25) is 5.91 Å². The van der Waals surface area contributed by atoms with Gasteiger partial charge in [0.25, 0.3) is 0 Å². The zero-order valence-electron chi connectivity index (χ0n) is 12.6. The van der Waals surface area contributed by atoms with Crippen molar-refractivity contribution in [2.24, 2.45) is 11.1 Å². The summed E-state index contributed by atoms with van der Waals surface area (Å²) in [5, 5.41) is 2.11. The van der Waals surface area contributed by atoms with E-state index in [4.69, 9.17) is 5.73 Å². The molecule has 2 rings (SSSR count). The molecule has 2 heterocycles. The van der Waals surface area contributed by atoms with Gasteiger partial charge in [0, 0.05) is 37.6 Å². The van der Waals surface area contributed by atoms with Gasteiger partial charge in [-0.05, 0) is 16.9 Å². The third kappa shape index (κ3) is 3.81. The number of carbonyl (C=O) groups excluding carboxylic acids is 1. The highest BCUT2D eigenvalue weighted by molar-refractivity contribution is 7.09. The summed E-state index contributed by atoms with van der Waals surface area (Å²) in [6, 6.07) is 3.84. The van der Waals surface area contributed by atoms with E-state index in [0.717, 1.165) is 32.7 Å². The van der Waals surface area contributed by atoms with Crippen LogP contribution in [0.1, 0.15) is 25.6 Å². The van der Waals surface area contributed by atoms with E-state index in [1.165, 1.54) is 4.88 Å². The molecule has 1 atom stereocenters. The van der Waals surface area contributed by atoms with E-state index in [1.54, 1.807) is 11.3 Å². The van der Waals surface area contributed by atoms with Crippen molar-refractivity contribution in [3.8, 4) is 0 Å². The summed E-state index contributed by atoms with van der Waals surface area (Å²) >= 11 is 1.79. The second-order valence-corrected chi connectivity index (χ2v) is 7.56. The number of piperazine rings is 1. The number of thiophene rings is 1. The first-order chi connectivity index (χ1) is 9.38. The molecule has 20 heavy (non-hydrogen) atoms. The van der Waals surface area contributed by atoms with E-state index in [0.29, 0.717) is 0 Å². The van der Waals surface area contributed by atoms with E-state index in [-0.39, 0.29) is 11.3 Å². The second-order valence-electron chi connectivity index (χ2n) is 6.52. The van der Waals surface area contributed by atoms with Crippen molar-refractivity contribution in [1.82, 2.24) is 9.80 Å². The summed E-state index contributed by atoms with van der Waals surface area (Å²) < 4.78 is 0. The highest BCUT2D eigenvalue weighted by Crippen LogP contribution is 2.20. The maximum absolute atomic E-state index is 12.4. The molecular formula is C15H25N3OS. The first-order valence-corrected chi connectivity index (χ1v) is 8.05. The van der Waals surface area contributed by atoms with Crippen LogP contribution in [0.5, 0.6) is 0 Å². The van der Waals surface area contributed by atoms with Gasteiger partial charge in [-0.25, -0.2) is 0 Å². The number of hydrogen-bond donors (Lipinski definition) is 1. The van der Waals surface area contributed by atoms with E-state index >= 15 is 0 Å². The van der Waals surface area contributed by atoms with Crippen molar-refractivity contribution in [2.75, 3.05) is 26.2 Å². The van der Waals surface area contributed by atoms with Gasteiger partial charge >= 0.3 is 0 Å². The maximum atomic E-state index is 12.4. The van der Waals surface area contributed by atoms with Gasteiger partial charge in [-0.1, -0.05) is 26.8 Å². The van der Waals surface area contributed by atoms with Gasteiger partial charge in [-0.15, -0.1) is 11.3 Å². The summed E-state index contributed by atoms with van der Waals surface area (Å²) in [6.45, 7) is 10.5. The molecule has 1 aromatic rings. The summed E-state index contributed by atoms with van der Waals surface area (Å²) in [5.41, 5.74) is 5.89. The monoisotopic (exact) mass is 295 g/mol. The SMILES string of the molecule is CC(C)(C)[C@@H](N)C(=O)N1CCN(Cc2cccs2)CC1. The van der Waals surface area contributed by atoms with Crippen molar-refractivity contribution in [3.63, 3.8) is 0 Å². The molecule has 1 aliphatic rings. The number of hydrogen-bond acceptors (Lipinski definition) is 4. The molecule has 1 amide bonds. The van der Waals surface area contributed by atoms with Gasteiger partial charge in [0.1, 0.15) is 0 Å². The molecule has 2 N–H and O–H groups in total. The molecule has 1 aliphatic heterocycles. The topological polar surface area (TPSA) is 49.6 Å². The minimum atomic E-state index is -0.411. The van der Waals surface area contributed by atoms with Crippen LogP contribution in [0.4, 0.5) is 0 Å². The summed E-state index contributed by atoms with van der Waals surface area (Å²) in [7, 11) is 0. The molecule has 0 radical (unpaired) electrons. The Morgan fingerprint density at radius 3 is 2.50 bits per heavy atom. The molecule has 112 valence electrons. The Balaban J connectivity index is 1.83. The van der Waals surface area contributed by atoms with Gasteiger partial charge in [0.05, 0.1) is 6.04 Å². The molecule has 0 aliphatic carbocycles. The summed E-state index contributed by atoms with van der Waals surface area (Å²) in [6.07, 6.45) is 0. The lowest BCUT2D eigenvalue weighted by atomic mass is 9.86. The average Bonchev–Trinajstić information content (AvgIpc) is 2.90. The van der Waals surface area contributed by atoms with E-state index in [2.05, 4.69) is 22.4 Å². The van der Waals surface area contributed by atoms with Crippen LogP contribution < -0.4 is 5.73 Å². The Labute approximate surface area is 125 Å². The highest BCUT2D eigenvalue weighted by Gasteiger charge is 2.32. The zero-order valence-corrected chi connectivity index (χ0v) is 13.4. The lowest BCUT2D eigenvalue weighted by Crippen LogP contribution is -2.55. The maximum Gasteiger partial charge on any atom is 0.240 e. The van der Waals surface area contributed by atoms with Crippen molar-refractivity contribution in [2.45, 2.75) is 33.4 Å². The smallest absolute Gasteiger partial charge is 0.240 e. The van der Waals surface area contributed by atoms with Crippen molar-refractivity contribution in [1.29, 1.82) is 0 Å². The van der Waals surface area contributed by atoms with Crippen LogP contribution in [-0.2, 0) is 11.3 Å². The minimum Gasteiger partial charge on any atom is -0.339 e. The van der Waals surface area contributed by atoms with Crippen molar-refractivity contribution in [3.05, 3.63) is 22.4 Å². The van der Waals surface area contributed by atoms with Crippen LogP contribution >= 0.6 is 11.3 Å². The Kier molecular flexibility index (Phi) is 4.83. The predicted octanol–water partition coefficient (Wildman–Crippen LogP) is 1.77. The predicted molar refractivity (Wildman–Crippen MR) is 83.6 cm³/mol. The molecule has 0 spiro atoms. The quantitative estimate of drug-likeness (QED) is 0.924.